The summed E-state index contributed by atoms with van der Waals surface area (Å²) in [5.41, 5.74) is 4.09. The minimum Gasteiger partial charge on any atom is -0.293 e. The van der Waals surface area contributed by atoms with Gasteiger partial charge in [-0.1, -0.05) is 60.7 Å². The van der Waals surface area contributed by atoms with Crippen LogP contribution < -0.4 is 11.3 Å². The van der Waals surface area contributed by atoms with Crippen molar-refractivity contribution in [2.24, 2.45) is 5.84 Å². The summed E-state index contributed by atoms with van der Waals surface area (Å²) in [6.07, 6.45) is 0. The van der Waals surface area contributed by atoms with Crippen LogP contribution in [0, 0.1) is 0 Å². The largest absolute Gasteiger partial charge is 0.293 e. The molecule has 3 N–H and O–H groups in total. The number of hydrogen-bond acceptors (Lipinski definition) is 2. The van der Waals surface area contributed by atoms with Gasteiger partial charge in [0.15, 0.2) is 0 Å². The average molecular weight is 263 g/mol. The molecular formula is C14H15ClN2O. The number of hydrazine groups is 1. The van der Waals surface area contributed by atoms with Crippen molar-refractivity contribution in [1.82, 2.24) is 5.43 Å². The number of carbonyl (C=O) groups is 1. The van der Waals surface area contributed by atoms with Gasteiger partial charge in [0, 0.05) is 0 Å². The van der Waals surface area contributed by atoms with E-state index in [9.17, 15) is 4.79 Å². The van der Waals surface area contributed by atoms with Crippen LogP contribution in [0.2, 0.25) is 0 Å². The molecule has 2 aromatic rings. The molecule has 0 atom stereocenters. The summed E-state index contributed by atoms with van der Waals surface area (Å²) in [5, 5.41) is 0. The van der Waals surface area contributed by atoms with E-state index >= 15 is 0 Å². The van der Waals surface area contributed by atoms with Crippen LogP contribution in [0.3, 0.4) is 0 Å². The normalized spacial score (nSPS) is 9.67. The molecule has 2 aromatic carbocycles. The number of nitrogens with one attached hydrogen (secondary N) is 1. The highest BCUT2D eigenvalue weighted by molar-refractivity contribution is 5.86. The summed E-state index contributed by atoms with van der Waals surface area (Å²) in [7, 11) is 0. The highest BCUT2D eigenvalue weighted by Gasteiger charge is 2.21. The van der Waals surface area contributed by atoms with Crippen molar-refractivity contribution in [2.75, 3.05) is 0 Å². The summed E-state index contributed by atoms with van der Waals surface area (Å²) in [6.45, 7) is 0. The molecule has 1 amide bonds. The maximum Gasteiger partial charge on any atom is 0.245 e. The van der Waals surface area contributed by atoms with Gasteiger partial charge in [0.2, 0.25) is 5.91 Å². The van der Waals surface area contributed by atoms with Gasteiger partial charge in [-0.2, -0.15) is 0 Å². The zero-order chi connectivity index (χ0) is 12.1. The molecule has 0 aliphatic carbocycles. The summed E-state index contributed by atoms with van der Waals surface area (Å²) in [5.74, 6) is 4.68. The van der Waals surface area contributed by atoms with Gasteiger partial charge < -0.3 is 0 Å². The van der Waals surface area contributed by atoms with Crippen molar-refractivity contribution in [3.8, 4) is 0 Å². The number of halogens is 1. The van der Waals surface area contributed by atoms with Gasteiger partial charge in [-0.25, -0.2) is 5.84 Å². The molecule has 0 radical (unpaired) electrons. The minimum atomic E-state index is -0.359. The van der Waals surface area contributed by atoms with E-state index in [1.54, 1.807) is 0 Å². The molecule has 0 aromatic heterocycles. The van der Waals surface area contributed by atoms with Crippen LogP contribution in [-0.2, 0) is 4.79 Å². The van der Waals surface area contributed by atoms with E-state index in [4.69, 9.17) is 5.84 Å². The number of carbonyl (C=O) groups excluding carboxylic acids is 1. The van der Waals surface area contributed by atoms with Crippen LogP contribution in [0.15, 0.2) is 60.7 Å². The fraction of sp³-hybridized carbons (Fsp3) is 0.0714. The summed E-state index contributed by atoms with van der Waals surface area (Å²) < 4.78 is 0. The Kier molecular flexibility index (Phi) is 5.36. The molecule has 3 nitrogen and oxygen atoms in total. The first kappa shape index (κ1) is 14.2. The van der Waals surface area contributed by atoms with E-state index in [0.29, 0.717) is 0 Å². The lowest BCUT2D eigenvalue weighted by Gasteiger charge is -2.15. The van der Waals surface area contributed by atoms with Crippen molar-refractivity contribution >= 4 is 18.3 Å². The highest BCUT2D eigenvalue weighted by Crippen LogP contribution is 2.24. The Balaban J connectivity index is 0.00000162. The topological polar surface area (TPSA) is 55.1 Å². The summed E-state index contributed by atoms with van der Waals surface area (Å²) in [6, 6.07) is 19.2. The van der Waals surface area contributed by atoms with Gasteiger partial charge in [-0.05, 0) is 11.1 Å². The number of rotatable bonds is 3. The lowest BCUT2D eigenvalue weighted by atomic mass is 9.91. The molecule has 0 heterocycles. The minimum absolute atomic E-state index is 0. The Morgan fingerprint density at radius 2 is 1.28 bits per heavy atom. The second-order valence-corrected chi connectivity index (χ2v) is 3.76. The molecule has 0 bridgehead atoms. The average Bonchev–Trinajstić information content (AvgIpc) is 2.41. The second-order valence-electron chi connectivity index (χ2n) is 3.76. The summed E-state index contributed by atoms with van der Waals surface area (Å²) in [4.78, 5) is 11.9. The Hall–Kier alpha value is -1.84. The fourth-order valence-corrected chi connectivity index (χ4v) is 1.87. The van der Waals surface area contributed by atoms with Crippen molar-refractivity contribution in [3.05, 3.63) is 71.8 Å². The van der Waals surface area contributed by atoms with Crippen LogP contribution in [-0.4, -0.2) is 5.91 Å². The molecule has 18 heavy (non-hydrogen) atoms. The Morgan fingerprint density at radius 3 is 1.61 bits per heavy atom. The maximum atomic E-state index is 11.9. The first-order chi connectivity index (χ1) is 8.33. The summed E-state index contributed by atoms with van der Waals surface area (Å²) >= 11 is 0. The van der Waals surface area contributed by atoms with E-state index in [-0.39, 0.29) is 24.2 Å². The fourth-order valence-electron chi connectivity index (χ4n) is 1.87. The Bertz CT molecular complexity index is 448. The van der Waals surface area contributed by atoms with E-state index in [2.05, 4.69) is 5.43 Å². The maximum absolute atomic E-state index is 11.9. The van der Waals surface area contributed by atoms with Gasteiger partial charge in [0.25, 0.3) is 0 Å². The molecule has 0 fully saturated rings. The highest BCUT2D eigenvalue weighted by atomic mass is 35.5. The number of amides is 1. The predicted molar refractivity (Wildman–Crippen MR) is 74.3 cm³/mol. The predicted octanol–water partition coefficient (Wildman–Crippen LogP) is 2.23. The molecule has 94 valence electrons. The van der Waals surface area contributed by atoms with E-state index in [1.807, 2.05) is 60.7 Å². The van der Waals surface area contributed by atoms with Crippen molar-refractivity contribution in [2.45, 2.75) is 5.92 Å². The molecule has 0 spiro atoms. The third-order valence-corrected chi connectivity index (χ3v) is 2.67. The zero-order valence-electron chi connectivity index (χ0n) is 9.74. The lowest BCUT2D eigenvalue weighted by Crippen LogP contribution is -2.35. The van der Waals surface area contributed by atoms with E-state index in [1.165, 1.54) is 0 Å². The monoisotopic (exact) mass is 262 g/mol. The molecule has 4 heteroatoms. The van der Waals surface area contributed by atoms with Crippen LogP contribution in [0.25, 0.3) is 0 Å². The van der Waals surface area contributed by atoms with Crippen LogP contribution in [0.4, 0.5) is 0 Å². The first-order valence-corrected chi connectivity index (χ1v) is 5.43. The van der Waals surface area contributed by atoms with E-state index < -0.39 is 0 Å². The quantitative estimate of drug-likeness (QED) is 0.506. The van der Waals surface area contributed by atoms with Crippen LogP contribution in [0.5, 0.6) is 0 Å². The third-order valence-electron chi connectivity index (χ3n) is 2.67. The van der Waals surface area contributed by atoms with Gasteiger partial charge in [-0.15, -0.1) is 12.4 Å². The standard InChI is InChI=1S/C14H14N2O.ClH/c15-16-14(17)13(11-7-3-1-4-8-11)12-9-5-2-6-10-12;/h1-10,13H,15H2,(H,16,17);1H. The second kappa shape index (κ2) is 6.79. The molecule has 0 saturated carbocycles. The van der Waals surface area contributed by atoms with Crippen LogP contribution >= 0.6 is 12.4 Å². The first-order valence-electron chi connectivity index (χ1n) is 5.43. The molecule has 0 unspecified atom stereocenters. The number of nitrogens with two attached hydrogens (primary N) is 1. The molecule has 0 aliphatic heterocycles. The van der Waals surface area contributed by atoms with Gasteiger partial charge in [-0.3, -0.25) is 10.2 Å². The molecule has 0 aliphatic rings. The van der Waals surface area contributed by atoms with E-state index in [0.717, 1.165) is 11.1 Å². The van der Waals surface area contributed by atoms with Crippen molar-refractivity contribution < 1.29 is 4.79 Å². The lowest BCUT2D eigenvalue weighted by molar-refractivity contribution is -0.121. The van der Waals surface area contributed by atoms with Crippen LogP contribution in [0.1, 0.15) is 17.0 Å². The Morgan fingerprint density at radius 1 is 0.889 bits per heavy atom. The SMILES string of the molecule is Cl.NNC(=O)C(c1ccccc1)c1ccccc1. The van der Waals surface area contributed by atoms with Gasteiger partial charge in [0.1, 0.15) is 0 Å². The smallest absolute Gasteiger partial charge is 0.245 e. The third kappa shape index (κ3) is 3.09. The van der Waals surface area contributed by atoms with Crippen molar-refractivity contribution in [1.29, 1.82) is 0 Å². The zero-order valence-corrected chi connectivity index (χ0v) is 10.6. The molecular weight excluding hydrogens is 248 g/mol. The number of hydrogen-bond donors (Lipinski definition) is 2. The number of benzene rings is 2. The van der Waals surface area contributed by atoms with Gasteiger partial charge >= 0.3 is 0 Å². The van der Waals surface area contributed by atoms with Crippen molar-refractivity contribution in [3.63, 3.8) is 0 Å². The van der Waals surface area contributed by atoms with Gasteiger partial charge in [0.05, 0.1) is 5.92 Å². The molecule has 2 rings (SSSR count). The Labute approximate surface area is 112 Å². The molecule has 0 saturated heterocycles.